The van der Waals surface area contributed by atoms with Gasteiger partial charge in [0.1, 0.15) is 0 Å². The summed E-state index contributed by atoms with van der Waals surface area (Å²) in [5.41, 5.74) is 0. The molecule has 0 aromatic heterocycles. The number of ether oxygens (including phenoxy) is 1. The molecule has 1 N–H and O–H groups in total. The summed E-state index contributed by atoms with van der Waals surface area (Å²) in [6.45, 7) is 1.21. The zero-order valence-electron chi connectivity index (χ0n) is 11.4. The lowest BCUT2D eigenvalue weighted by molar-refractivity contribution is -0.151. The molecule has 0 aromatic carbocycles. The lowest BCUT2D eigenvalue weighted by Crippen LogP contribution is -2.47. The first-order valence-corrected chi connectivity index (χ1v) is 7.12. The van der Waals surface area contributed by atoms with Gasteiger partial charge in [0.25, 0.3) is 0 Å². The Hall–Kier alpha value is -0.820. The van der Waals surface area contributed by atoms with E-state index in [9.17, 15) is 18.0 Å². The van der Waals surface area contributed by atoms with E-state index in [4.69, 9.17) is 4.74 Å². The molecule has 1 amide bonds. The standard InChI is InChI=1S/C13H21F3N2O2/c14-13(15,16)9-18-5-1-4-11(18)12(19)17-7-10-3-2-6-20-8-10/h10-11H,1-9H2,(H,17,19)/t10-,11-/m1/s1. The van der Waals surface area contributed by atoms with Crippen LogP contribution in [0.25, 0.3) is 0 Å². The third-order valence-electron chi connectivity index (χ3n) is 3.87. The Balaban J connectivity index is 1.78. The molecule has 2 rings (SSSR count). The Kier molecular flexibility index (Phi) is 5.26. The van der Waals surface area contributed by atoms with Gasteiger partial charge in [-0.3, -0.25) is 9.69 Å². The van der Waals surface area contributed by atoms with Crippen molar-refractivity contribution in [3.05, 3.63) is 0 Å². The number of hydrogen-bond acceptors (Lipinski definition) is 3. The molecular weight excluding hydrogens is 273 g/mol. The number of likely N-dealkylation sites (tertiary alicyclic amines) is 1. The first kappa shape index (κ1) is 15.6. The van der Waals surface area contributed by atoms with E-state index < -0.39 is 18.8 Å². The molecule has 2 atom stereocenters. The number of nitrogens with zero attached hydrogens (tertiary/aromatic N) is 1. The van der Waals surface area contributed by atoms with Crippen molar-refractivity contribution in [1.29, 1.82) is 0 Å². The second kappa shape index (κ2) is 6.76. The van der Waals surface area contributed by atoms with Crippen LogP contribution in [-0.2, 0) is 9.53 Å². The molecule has 0 aromatic rings. The lowest BCUT2D eigenvalue weighted by atomic mass is 10.0. The van der Waals surface area contributed by atoms with Crippen molar-refractivity contribution >= 4 is 5.91 Å². The van der Waals surface area contributed by atoms with Gasteiger partial charge in [0.2, 0.25) is 5.91 Å². The third-order valence-corrected chi connectivity index (χ3v) is 3.87. The van der Waals surface area contributed by atoms with Gasteiger partial charge in [0, 0.05) is 13.2 Å². The van der Waals surface area contributed by atoms with E-state index in [-0.39, 0.29) is 11.8 Å². The summed E-state index contributed by atoms with van der Waals surface area (Å²) in [7, 11) is 0. The minimum atomic E-state index is -4.25. The normalized spacial score (nSPS) is 28.6. The van der Waals surface area contributed by atoms with Gasteiger partial charge in [0.05, 0.1) is 19.2 Å². The highest BCUT2D eigenvalue weighted by Crippen LogP contribution is 2.24. The van der Waals surface area contributed by atoms with Gasteiger partial charge in [0.15, 0.2) is 0 Å². The molecule has 0 unspecified atom stereocenters. The Bertz CT molecular complexity index is 330. The fourth-order valence-electron chi connectivity index (χ4n) is 2.87. The van der Waals surface area contributed by atoms with Gasteiger partial charge in [-0.1, -0.05) is 0 Å². The van der Waals surface area contributed by atoms with Crippen LogP contribution in [0, 0.1) is 5.92 Å². The summed E-state index contributed by atoms with van der Waals surface area (Å²) in [6, 6.07) is -0.638. The lowest BCUT2D eigenvalue weighted by Gasteiger charge is -2.26. The quantitative estimate of drug-likeness (QED) is 0.855. The summed E-state index contributed by atoms with van der Waals surface area (Å²) in [5.74, 6) is 0.00231. The highest BCUT2D eigenvalue weighted by molar-refractivity contribution is 5.82. The van der Waals surface area contributed by atoms with Gasteiger partial charge in [-0.2, -0.15) is 13.2 Å². The maximum Gasteiger partial charge on any atom is 0.401 e. The van der Waals surface area contributed by atoms with Gasteiger partial charge >= 0.3 is 6.18 Å². The smallest absolute Gasteiger partial charge is 0.381 e. The largest absolute Gasteiger partial charge is 0.401 e. The fourth-order valence-corrected chi connectivity index (χ4v) is 2.87. The van der Waals surface area contributed by atoms with Crippen LogP contribution in [0.3, 0.4) is 0 Å². The van der Waals surface area contributed by atoms with Crippen LogP contribution in [0.15, 0.2) is 0 Å². The summed E-state index contributed by atoms with van der Waals surface area (Å²) >= 11 is 0. The monoisotopic (exact) mass is 294 g/mol. The minimum absolute atomic E-state index is 0.280. The van der Waals surface area contributed by atoms with Crippen molar-refractivity contribution in [2.45, 2.75) is 37.9 Å². The van der Waals surface area contributed by atoms with Crippen LogP contribution < -0.4 is 5.32 Å². The SMILES string of the molecule is O=C(NC[C@H]1CCCOC1)[C@H]1CCCN1CC(F)(F)F. The molecule has 2 saturated heterocycles. The Morgan fingerprint density at radius 1 is 1.30 bits per heavy atom. The highest BCUT2D eigenvalue weighted by Gasteiger charge is 2.38. The molecule has 0 spiro atoms. The van der Waals surface area contributed by atoms with Gasteiger partial charge < -0.3 is 10.1 Å². The number of amides is 1. The topological polar surface area (TPSA) is 41.6 Å². The van der Waals surface area contributed by atoms with Crippen LogP contribution in [-0.4, -0.2) is 55.9 Å². The van der Waals surface area contributed by atoms with E-state index in [1.807, 2.05) is 0 Å². The third kappa shape index (κ3) is 4.63. The molecule has 2 fully saturated rings. The number of alkyl halides is 3. The van der Waals surface area contributed by atoms with Crippen molar-refractivity contribution in [3.63, 3.8) is 0 Å². The zero-order valence-corrected chi connectivity index (χ0v) is 11.4. The van der Waals surface area contributed by atoms with Crippen LogP contribution in [0.4, 0.5) is 13.2 Å². The second-order valence-corrected chi connectivity index (χ2v) is 5.57. The molecule has 116 valence electrons. The molecule has 2 aliphatic heterocycles. The summed E-state index contributed by atoms with van der Waals surface area (Å²) in [6.07, 6.45) is -1.13. The predicted octanol–water partition coefficient (Wildman–Crippen LogP) is 1.56. The van der Waals surface area contributed by atoms with Gasteiger partial charge in [-0.25, -0.2) is 0 Å². The number of halogens is 3. The number of nitrogens with one attached hydrogen (secondary N) is 1. The van der Waals surface area contributed by atoms with Gasteiger partial charge in [-0.15, -0.1) is 0 Å². The Morgan fingerprint density at radius 2 is 2.10 bits per heavy atom. The average molecular weight is 294 g/mol. The molecule has 7 heteroatoms. The van der Waals surface area contributed by atoms with E-state index in [1.54, 1.807) is 0 Å². The maximum absolute atomic E-state index is 12.4. The molecular formula is C13H21F3N2O2. The number of rotatable bonds is 4. The van der Waals surface area contributed by atoms with Crippen molar-refractivity contribution in [2.24, 2.45) is 5.92 Å². The molecule has 0 radical (unpaired) electrons. The minimum Gasteiger partial charge on any atom is -0.381 e. The molecule has 20 heavy (non-hydrogen) atoms. The summed E-state index contributed by atoms with van der Waals surface area (Å²) in [5, 5.41) is 2.78. The number of carbonyl (C=O) groups is 1. The van der Waals surface area contributed by atoms with Crippen molar-refractivity contribution < 1.29 is 22.7 Å². The van der Waals surface area contributed by atoms with E-state index in [0.29, 0.717) is 32.5 Å². The van der Waals surface area contributed by atoms with Crippen LogP contribution in [0.1, 0.15) is 25.7 Å². The number of hydrogen-bond donors (Lipinski definition) is 1. The molecule has 4 nitrogen and oxygen atoms in total. The molecule has 0 saturated carbocycles. The molecule has 0 bridgehead atoms. The Morgan fingerprint density at radius 3 is 2.75 bits per heavy atom. The van der Waals surface area contributed by atoms with Crippen molar-refractivity contribution in [3.8, 4) is 0 Å². The zero-order chi connectivity index (χ0) is 14.6. The first-order chi connectivity index (χ1) is 9.46. The van der Waals surface area contributed by atoms with E-state index in [2.05, 4.69) is 5.32 Å². The van der Waals surface area contributed by atoms with Crippen molar-refractivity contribution in [1.82, 2.24) is 10.2 Å². The van der Waals surface area contributed by atoms with E-state index in [1.165, 1.54) is 4.90 Å². The average Bonchev–Trinajstić information content (AvgIpc) is 2.83. The maximum atomic E-state index is 12.4. The first-order valence-electron chi connectivity index (χ1n) is 7.12. The van der Waals surface area contributed by atoms with Crippen molar-refractivity contribution in [2.75, 3.05) is 32.8 Å². The van der Waals surface area contributed by atoms with Crippen LogP contribution >= 0.6 is 0 Å². The van der Waals surface area contributed by atoms with Gasteiger partial charge in [-0.05, 0) is 38.1 Å². The predicted molar refractivity (Wildman–Crippen MR) is 67.2 cm³/mol. The van der Waals surface area contributed by atoms with Crippen LogP contribution in [0.5, 0.6) is 0 Å². The Labute approximate surface area is 116 Å². The van der Waals surface area contributed by atoms with Crippen LogP contribution in [0.2, 0.25) is 0 Å². The second-order valence-electron chi connectivity index (χ2n) is 5.57. The van der Waals surface area contributed by atoms with E-state index in [0.717, 1.165) is 19.4 Å². The summed E-state index contributed by atoms with van der Waals surface area (Å²) < 4.78 is 42.6. The highest BCUT2D eigenvalue weighted by atomic mass is 19.4. The fraction of sp³-hybridized carbons (Fsp3) is 0.923. The van der Waals surface area contributed by atoms with E-state index >= 15 is 0 Å². The molecule has 0 aliphatic carbocycles. The molecule has 2 heterocycles. The number of carbonyl (C=O) groups excluding carboxylic acids is 1. The molecule has 2 aliphatic rings. The summed E-state index contributed by atoms with van der Waals surface area (Å²) in [4.78, 5) is 13.3.